The van der Waals surface area contributed by atoms with Crippen LogP contribution in [-0.4, -0.2) is 71.8 Å². The van der Waals surface area contributed by atoms with Crippen LogP contribution in [0.4, 0.5) is 4.79 Å². The molecule has 0 aromatic rings. The predicted octanol–water partition coefficient (Wildman–Crippen LogP) is 1.09. The molecule has 24 heavy (non-hydrogen) atoms. The molecule has 1 atom stereocenters. The lowest BCUT2D eigenvalue weighted by Crippen LogP contribution is -2.31. The summed E-state index contributed by atoms with van der Waals surface area (Å²) in [7, 11) is 3.10. The topological polar surface area (TPSA) is 95.1 Å². The van der Waals surface area contributed by atoms with Crippen molar-refractivity contribution in [3.63, 3.8) is 0 Å². The lowest BCUT2D eigenvalue weighted by atomic mass is 10.3. The highest BCUT2D eigenvalue weighted by molar-refractivity contribution is 5.75. The van der Waals surface area contributed by atoms with Crippen LogP contribution in [0, 0.1) is 0 Å². The molecule has 0 aliphatic carbocycles. The van der Waals surface area contributed by atoms with Gasteiger partial charge in [-0.05, 0) is 19.3 Å². The molecule has 142 valence electrons. The Morgan fingerprint density at radius 2 is 1.75 bits per heavy atom. The number of amides is 2. The van der Waals surface area contributed by atoms with Crippen LogP contribution in [0.5, 0.6) is 0 Å². The first-order valence-electron chi connectivity index (χ1n) is 8.40. The predicted molar refractivity (Wildman–Crippen MR) is 90.0 cm³/mol. The Morgan fingerprint density at radius 1 is 1.00 bits per heavy atom. The smallest absolute Gasteiger partial charge is 0.407 e. The van der Waals surface area contributed by atoms with E-state index in [1.54, 1.807) is 7.11 Å². The lowest BCUT2D eigenvalue weighted by Gasteiger charge is -2.14. The molecule has 8 nitrogen and oxygen atoms in total. The van der Waals surface area contributed by atoms with Crippen molar-refractivity contribution >= 4 is 12.0 Å². The Morgan fingerprint density at radius 3 is 2.42 bits per heavy atom. The van der Waals surface area contributed by atoms with E-state index >= 15 is 0 Å². The minimum absolute atomic E-state index is 0.0627. The summed E-state index contributed by atoms with van der Waals surface area (Å²) in [6.45, 7) is 4.79. The van der Waals surface area contributed by atoms with Crippen LogP contribution in [-0.2, 0) is 23.7 Å². The molecular formula is C16H32N2O6. The molecule has 2 amide bonds. The lowest BCUT2D eigenvalue weighted by molar-refractivity contribution is -0.121. The number of carbonyl (C=O) groups is 2. The van der Waals surface area contributed by atoms with Gasteiger partial charge in [0.25, 0.3) is 0 Å². The third-order valence-electron chi connectivity index (χ3n) is 3.09. The summed E-state index contributed by atoms with van der Waals surface area (Å²) in [4.78, 5) is 22.8. The van der Waals surface area contributed by atoms with Crippen molar-refractivity contribution in [3.05, 3.63) is 0 Å². The van der Waals surface area contributed by atoms with Crippen LogP contribution in [0.3, 0.4) is 0 Å². The molecule has 0 saturated carbocycles. The van der Waals surface area contributed by atoms with Crippen molar-refractivity contribution in [2.24, 2.45) is 0 Å². The zero-order valence-corrected chi connectivity index (χ0v) is 15.1. The first-order valence-corrected chi connectivity index (χ1v) is 8.40. The molecule has 0 radical (unpaired) electrons. The van der Waals surface area contributed by atoms with Gasteiger partial charge in [0, 0.05) is 46.9 Å². The van der Waals surface area contributed by atoms with E-state index in [-0.39, 0.29) is 18.6 Å². The zero-order chi connectivity index (χ0) is 18.0. The van der Waals surface area contributed by atoms with Gasteiger partial charge in [-0.1, -0.05) is 6.92 Å². The highest BCUT2D eigenvalue weighted by atomic mass is 16.6. The number of nitrogens with one attached hydrogen (secondary N) is 2. The van der Waals surface area contributed by atoms with Gasteiger partial charge in [0.05, 0.1) is 6.61 Å². The van der Waals surface area contributed by atoms with Crippen molar-refractivity contribution < 1.29 is 28.5 Å². The highest BCUT2D eigenvalue weighted by Crippen LogP contribution is 1.94. The summed E-state index contributed by atoms with van der Waals surface area (Å²) in [5, 5.41) is 5.45. The summed E-state index contributed by atoms with van der Waals surface area (Å²) in [5.74, 6) is 0.0627. The van der Waals surface area contributed by atoms with Gasteiger partial charge in [0.1, 0.15) is 12.7 Å². The molecule has 0 bridgehead atoms. The Balaban J connectivity index is 3.40. The molecule has 0 aromatic carbocycles. The molecule has 0 fully saturated rings. The van der Waals surface area contributed by atoms with Crippen molar-refractivity contribution in [2.45, 2.75) is 38.7 Å². The van der Waals surface area contributed by atoms with Crippen molar-refractivity contribution in [1.82, 2.24) is 10.6 Å². The van der Waals surface area contributed by atoms with E-state index in [9.17, 15) is 9.59 Å². The highest BCUT2D eigenvalue weighted by Gasteiger charge is 2.10. The van der Waals surface area contributed by atoms with E-state index in [1.165, 1.54) is 7.11 Å². The van der Waals surface area contributed by atoms with E-state index in [0.29, 0.717) is 45.6 Å². The van der Waals surface area contributed by atoms with Gasteiger partial charge in [-0.3, -0.25) is 4.79 Å². The fourth-order valence-corrected chi connectivity index (χ4v) is 1.74. The van der Waals surface area contributed by atoms with E-state index in [2.05, 4.69) is 10.6 Å². The number of rotatable bonds is 15. The standard InChI is InChI=1S/C16H32N2O6/c1-4-8-17-15(19)7-5-10-23-11-6-9-18-16(20)24-13-14(22-3)12-21-2/h14H,4-13H2,1-3H3,(H,17,19)(H,18,20). The minimum Gasteiger partial charge on any atom is -0.447 e. The minimum atomic E-state index is -0.485. The molecule has 0 aromatic heterocycles. The first-order chi connectivity index (χ1) is 11.6. The Kier molecular flexibility index (Phi) is 15.5. The van der Waals surface area contributed by atoms with Gasteiger partial charge in [-0.2, -0.15) is 0 Å². The average molecular weight is 348 g/mol. The van der Waals surface area contributed by atoms with Gasteiger partial charge in [-0.25, -0.2) is 4.79 Å². The van der Waals surface area contributed by atoms with Gasteiger partial charge >= 0.3 is 6.09 Å². The summed E-state index contributed by atoms with van der Waals surface area (Å²) in [6, 6.07) is 0. The van der Waals surface area contributed by atoms with Crippen LogP contribution >= 0.6 is 0 Å². The molecule has 8 heteroatoms. The molecule has 1 unspecified atom stereocenters. The van der Waals surface area contributed by atoms with Crippen molar-refractivity contribution in [2.75, 3.05) is 53.7 Å². The maximum atomic E-state index is 11.4. The largest absolute Gasteiger partial charge is 0.447 e. The van der Waals surface area contributed by atoms with Crippen LogP contribution < -0.4 is 10.6 Å². The van der Waals surface area contributed by atoms with Crippen LogP contribution in [0.2, 0.25) is 0 Å². The molecule has 0 saturated heterocycles. The summed E-state index contributed by atoms with van der Waals surface area (Å²) < 4.78 is 20.4. The monoisotopic (exact) mass is 348 g/mol. The Bertz CT molecular complexity index is 328. The van der Waals surface area contributed by atoms with Gasteiger partial charge in [-0.15, -0.1) is 0 Å². The zero-order valence-electron chi connectivity index (χ0n) is 15.1. The van der Waals surface area contributed by atoms with E-state index in [4.69, 9.17) is 18.9 Å². The number of alkyl carbamates (subject to hydrolysis) is 1. The second kappa shape index (κ2) is 16.5. The molecule has 0 aliphatic rings. The van der Waals surface area contributed by atoms with Crippen molar-refractivity contribution in [1.29, 1.82) is 0 Å². The second-order valence-electron chi connectivity index (χ2n) is 5.26. The summed E-state index contributed by atoms with van der Waals surface area (Å²) in [5.41, 5.74) is 0. The summed E-state index contributed by atoms with van der Waals surface area (Å²) >= 11 is 0. The maximum absolute atomic E-state index is 11.4. The molecule has 2 N–H and O–H groups in total. The van der Waals surface area contributed by atoms with Crippen molar-refractivity contribution in [3.8, 4) is 0 Å². The summed E-state index contributed by atoms with van der Waals surface area (Å²) in [6.07, 6.45) is 2.05. The Labute approximate surface area is 144 Å². The van der Waals surface area contributed by atoms with E-state index in [1.807, 2.05) is 6.92 Å². The average Bonchev–Trinajstić information content (AvgIpc) is 2.58. The quantitative estimate of drug-likeness (QED) is 0.430. The van der Waals surface area contributed by atoms with Gasteiger partial charge < -0.3 is 29.6 Å². The van der Waals surface area contributed by atoms with E-state index < -0.39 is 6.09 Å². The number of carbonyl (C=O) groups excluding carboxylic acids is 2. The number of hydrogen-bond donors (Lipinski definition) is 2. The molecule has 0 rings (SSSR count). The SMILES string of the molecule is CCCNC(=O)CCCOCCCNC(=O)OCC(COC)OC. The number of hydrogen-bond acceptors (Lipinski definition) is 6. The van der Waals surface area contributed by atoms with Crippen LogP contribution in [0.1, 0.15) is 32.6 Å². The number of ether oxygens (including phenoxy) is 4. The second-order valence-corrected chi connectivity index (χ2v) is 5.26. The fraction of sp³-hybridized carbons (Fsp3) is 0.875. The maximum Gasteiger partial charge on any atom is 0.407 e. The third-order valence-corrected chi connectivity index (χ3v) is 3.09. The Hall–Kier alpha value is -1.38. The molecule has 0 heterocycles. The first kappa shape index (κ1) is 22.6. The molecule has 0 aliphatic heterocycles. The fourth-order valence-electron chi connectivity index (χ4n) is 1.74. The third kappa shape index (κ3) is 14.2. The number of methoxy groups -OCH3 is 2. The molecule has 0 spiro atoms. The van der Waals surface area contributed by atoms with Crippen LogP contribution in [0.15, 0.2) is 0 Å². The van der Waals surface area contributed by atoms with E-state index in [0.717, 1.165) is 13.0 Å². The van der Waals surface area contributed by atoms with Gasteiger partial charge in [0.2, 0.25) is 5.91 Å². The normalized spacial score (nSPS) is 11.8. The molecular weight excluding hydrogens is 316 g/mol. The van der Waals surface area contributed by atoms with Crippen LogP contribution in [0.25, 0.3) is 0 Å². The van der Waals surface area contributed by atoms with Gasteiger partial charge in [0.15, 0.2) is 0 Å².